The van der Waals surface area contributed by atoms with E-state index in [2.05, 4.69) is 15.5 Å². The molecular weight excluding hydrogens is 228 g/mol. The molecule has 0 unspecified atom stereocenters. The molecule has 5 heteroatoms. The van der Waals surface area contributed by atoms with Crippen LogP contribution in [0.1, 0.15) is 27.3 Å². The lowest BCUT2D eigenvalue weighted by atomic mass is 10.1. The minimum absolute atomic E-state index is 0.189. The molecule has 0 aliphatic rings. The first-order chi connectivity index (χ1) is 8.70. The average Bonchev–Trinajstić information content (AvgIpc) is 2.83. The number of nitrogens with zero attached hydrogens (tertiary/aromatic N) is 1. The van der Waals surface area contributed by atoms with Gasteiger partial charge in [-0.05, 0) is 24.1 Å². The Morgan fingerprint density at radius 3 is 2.72 bits per heavy atom. The number of aryl methyl sites for hydroxylation is 1. The van der Waals surface area contributed by atoms with Crippen molar-refractivity contribution in [2.45, 2.75) is 20.0 Å². The maximum atomic E-state index is 11.8. The number of aromatic nitrogens is 2. The molecule has 5 nitrogen and oxygen atoms in total. The molecule has 1 aromatic heterocycles. The van der Waals surface area contributed by atoms with Crippen molar-refractivity contribution in [3.05, 3.63) is 52.8 Å². The van der Waals surface area contributed by atoms with Gasteiger partial charge in [0.25, 0.3) is 5.91 Å². The number of amides is 1. The van der Waals surface area contributed by atoms with Crippen molar-refractivity contribution < 1.29 is 4.79 Å². The zero-order chi connectivity index (χ0) is 13.0. The van der Waals surface area contributed by atoms with Gasteiger partial charge in [-0.15, -0.1) is 0 Å². The minimum atomic E-state index is -0.189. The molecule has 0 aliphatic carbocycles. The molecule has 0 bridgehead atoms. The molecule has 4 N–H and O–H groups in total. The number of aromatic amines is 1. The molecule has 1 heterocycles. The normalized spacial score (nSPS) is 10.3. The number of hydrogen-bond acceptors (Lipinski definition) is 3. The maximum absolute atomic E-state index is 11.8. The Morgan fingerprint density at radius 2 is 2.11 bits per heavy atom. The van der Waals surface area contributed by atoms with Gasteiger partial charge in [-0.1, -0.05) is 24.3 Å². The van der Waals surface area contributed by atoms with Gasteiger partial charge < -0.3 is 11.1 Å². The number of benzene rings is 1. The van der Waals surface area contributed by atoms with Crippen molar-refractivity contribution in [3.8, 4) is 0 Å². The van der Waals surface area contributed by atoms with Crippen LogP contribution in [0.4, 0.5) is 0 Å². The Labute approximate surface area is 105 Å². The first kappa shape index (κ1) is 12.3. The number of nitrogens with one attached hydrogen (secondary N) is 2. The predicted molar refractivity (Wildman–Crippen MR) is 68.8 cm³/mol. The first-order valence-corrected chi connectivity index (χ1v) is 5.77. The third kappa shape index (κ3) is 2.75. The molecule has 0 saturated carbocycles. The van der Waals surface area contributed by atoms with Crippen LogP contribution in [0.25, 0.3) is 0 Å². The van der Waals surface area contributed by atoms with Crippen molar-refractivity contribution in [2.24, 2.45) is 5.73 Å². The molecule has 18 heavy (non-hydrogen) atoms. The van der Waals surface area contributed by atoms with Crippen LogP contribution in [0.2, 0.25) is 0 Å². The Hall–Kier alpha value is -2.14. The van der Waals surface area contributed by atoms with E-state index in [0.717, 1.165) is 16.8 Å². The van der Waals surface area contributed by atoms with Gasteiger partial charge in [0.2, 0.25) is 0 Å². The van der Waals surface area contributed by atoms with Crippen LogP contribution in [0, 0.1) is 6.92 Å². The Bertz CT molecular complexity index is 547. The molecule has 2 rings (SSSR count). The van der Waals surface area contributed by atoms with Crippen LogP contribution in [0.5, 0.6) is 0 Å². The zero-order valence-electron chi connectivity index (χ0n) is 10.2. The maximum Gasteiger partial charge on any atom is 0.272 e. The Kier molecular flexibility index (Phi) is 3.74. The molecular formula is C13H16N4O. The second-order valence-corrected chi connectivity index (χ2v) is 4.09. The van der Waals surface area contributed by atoms with E-state index in [-0.39, 0.29) is 5.91 Å². The number of carbonyl (C=O) groups excluding carboxylic acids is 1. The standard InChI is InChI=1S/C13H16N4O/c1-9-6-12(17-16-9)13(18)15-8-11-5-3-2-4-10(11)7-14/h2-6H,7-8,14H2,1H3,(H,15,18)(H,16,17). The fraction of sp³-hybridized carbons (Fsp3) is 0.231. The Morgan fingerprint density at radius 1 is 1.39 bits per heavy atom. The first-order valence-electron chi connectivity index (χ1n) is 5.77. The third-order valence-electron chi connectivity index (χ3n) is 2.72. The summed E-state index contributed by atoms with van der Waals surface area (Å²) in [5, 5.41) is 9.47. The molecule has 0 atom stereocenters. The minimum Gasteiger partial charge on any atom is -0.347 e. The van der Waals surface area contributed by atoms with Gasteiger partial charge in [-0.25, -0.2) is 0 Å². The van der Waals surface area contributed by atoms with Crippen LogP contribution < -0.4 is 11.1 Å². The summed E-state index contributed by atoms with van der Waals surface area (Å²) in [7, 11) is 0. The average molecular weight is 244 g/mol. The summed E-state index contributed by atoms with van der Waals surface area (Å²) in [6, 6.07) is 9.49. The fourth-order valence-electron chi connectivity index (χ4n) is 1.73. The summed E-state index contributed by atoms with van der Waals surface area (Å²) in [5.41, 5.74) is 8.97. The van der Waals surface area contributed by atoms with Crippen molar-refractivity contribution in [1.29, 1.82) is 0 Å². The van der Waals surface area contributed by atoms with Gasteiger partial charge in [0, 0.05) is 18.8 Å². The highest BCUT2D eigenvalue weighted by Gasteiger charge is 2.09. The van der Waals surface area contributed by atoms with Gasteiger partial charge in [0.15, 0.2) is 0 Å². The number of H-pyrrole nitrogens is 1. The van der Waals surface area contributed by atoms with Crippen molar-refractivity contribution in [3.63, 3.8) is 0 Å². The molecule has 1 aromatic carbocycles. The van der Waals surface area contributed by atoms with E-state index in [0.29, 0.717) is 18.8 Å². The van der Waals surface area contributed by atoms with E-state index in [1.54, 1.807) is 6.07 Å². The van der Waals surface area contributed by atoms with Gasteiger partial charge in [-0.3, -0.25) is 9.89 Å². The van der Waals surface area contributed by atoms with Crippen LogP contribution in [-0.4, -0.2) is 16.1 Å². The molecule has 0 spiro atoms. The van der Waals surface area contributed by atoms with Crippen LogP contribution in [0.3, 0.4) is 0 Å². The van der Waals surface area contributed by atoms with Crippen LogP contribution in [-0.2, 0) is 13.1 Å². The molecule has 1 amide bonds. The van der Waals surface area contributed by atoms with E-state index in [9.17, 15) is 4.79 Å². The van der Waals surface area contributed by atoms with Crippen molar-refractivity contribution >= 4 is 5.91 Å². The highest BCUT2D eigenvalue weighted by Crippen LogP contribution is 2.07. The fourth-order valence-corrected chi connectivity index (χ4v) is 1.73. The van der Waals surface area contributed by atoms with Crippen molar-refractivity contribution in [2.75, 3.05) is 0 Å². The molecule has 2 aromatic rings. The van der Waals surface area contributed by atoms with E-state index >= 15 is 0 Å². The largest absolute Gasteiger partial charge is 0.347 e. The summed E-state index contributed by atoms with van der Waals surface area (Å²) >= 11 is 0. The Balaban J connectivity index is 2.01. The van der Waals surface area contributed by atoms with E-state index in [1.807, 2.05) is 31.2 Å². The smallest absolute Gasteiger partial charge is 0.272 e. The lowest BCUT2D eigenvalue weighted by molar-refractivity contribution is 0.0946. The summed E-state index contributed by atoms with van der Waals surface area (Å²) in [4.78, 5) is 11.8. The second-order valence-electron chi connectivity index (χ2n) is 4.09. The predicted octanol–water partition coefficient (Wildman–Crippen LogP) is 1.11. The van der Waals surface area contributed by atoms with E-state index in [4.69, 9.17) is 5.73 Å². The highest BCUT2D eigenvalue weighted by atomic mass is 16.1. The SMILES string of the molecule is Cc1cc(C(=O)NCc2ccccc2CN)n[nH]1. The second kappa shape index (κ2) is 5.46. The lowest BCUT2D eigenvalue weighted by Crippen LogP contribution is -2.24. The molecule has 0 fully saturated rings. The zero-order valence-corrected chi connectivity index (χ0v) is 10.2. The van der Waals surface area contributed by atoms with Crippen molar-refractivity contribution in [1.82, 2.24) is 15.5 Å². The summed E-state index contributed by atoms with van der Waals surface area (Å²) in [6.07, 6.45) is 0. The monoisotopic (exact) mass is 244 g/mol. The summed E-state index contributed by atoms with van der Waals surface area (Å²) in [5.74, 6) is -0.189. The van der Waals surface area contributed by atoms with Gasteiger partial charge >= 0.3 is 0 Å². The van der Waals surface area contributed by atoms with Gasteiger partial charge in [0.1, 0.15) is 5.69 Å². The quantitative estimate of drug-likeness (QED) is 0.753. The van der Waals surface area contributed by atoms with Crippen LogP contribution >= 0.6 is 0 Å². The summed E-state index contributed by atoms with van der Waals surface area (Å²) < 4.78 is 0. The summed E-state index contributed by atoms with van der Waals surface area (Å²) in [6.45, 7) is 2.78. The van der Waals surface area contributed by atoms with Gasteiger partial charge in [0.05, 0.1) is 0 Å². The molecule has 0 aliphatic heterocycles. The number of carbonyl (C=O) groups is 1. The lowest BCUT2D eigenvalue weighted by Gasteiger charge is -2.08. The number of rotatable bonds is 4. The van der Waals surface area contributed by atoms with Crippen LogP contribution in [0.15, 0.2) is 30.3 Å². The molecule has 94 valence electrons. The topological polar surface area (TPSA) is 83.8 Å². The number of nitrogens with two attached hydrogens (primary N) is 1. The van der Waals surface area contributed by atoms with E-state index < -0.39 is 0 Å². The molecule has 0 saturated heterocycles. The number of hydrogen-bond donors (Lipinski definition) is 3. The highest BCUT2D eigenvalue weighted by molar-refractivity contribution is 5.92. The van der Waals surface area contributed by atoms with E-state index in [1.165, 1.54) is 0 Å². The molecule has 0 radical (unpaired) electrons. The third-order valence-corrected chi connectivity index (χ3v) is 2.72. The van der Waals surface area contributed by atoms with Gasteiger partial charge in [-0.2, -0.15) is 5.10 Å².